The Morgan fingerprint density at radius 1 is 1.32 bits per heavy atom. The summed E-state index contributed by atoms with van der Waals surface area (Å²) in [5.41, 5.74) is 2.43. The van der Waals surface area contributed by atoms with Crippen LogP contribution in [0.2, 0.25) is 0 Å². The van der Waals surface area contributed by atoms with Gasteiger partial charge in [0, 0.05) is 29.5 Å². The van der Waals surface area contributed by atoms with Crippen molar-refractivity contribution >= 4 is 26.0 Å². The van der Waals surface area contributed by atoms with Crippen molar-refractivity contribution in [2.45, 2.75) is 17.4 Å². The molecule has 0 spiro atoms. The SMILES string of the molecule is O=S(=O)(NCC1NCCc2ccccc21)c1cncc(Br)c1. The van der Waals surface area contributed by atoms with Crippen LogP contribution in [0.15, 0.2) is 52.1 Å². The number of halogens is 1. The summed E-state index contributed by atoms with van der Waals surface area (Å²) in [4.78, 5) is 4.06. The van der Waals surface area contributed by atoms with Crippen molar-refractivity contribution in [3.63, 3.8) is 0 Å². The molecule has 22 heavy (non-hydrogen) atoms. The smallest absolute Gasteiger partial charge is 0.242 e. The van der Waals surface area contributed by atoms with Gasteiger partial charge in [-0.05, 0) is 46.1 Å². The molecule has 0 saturated carbocycles. The molecule has 0 fully saturated rings. The summed E-state index contributed by atoms with van der Waals surface area (Å²) >= 11 is 3.24. The second-order valence-corrected chi connectivity index (χ2v) is 7.83. The van der Waals surface area contributed by atoms with Crippen molar-refractivity contribution in [1.82, 2.24) is 15.0 Å². The zero-order valence-electron chi connectivity index (χ0n) is 11.8. The van der Waals surface area contributed by atoms with Gasteiger partial charge in [-0.15, -0.1) is 0 Å². The van der Waals surface area contributed by atoms with E-state index in [0.717, 1.165) is 18.5 Å². The number of sulfonamides is 1. The summed E-state index contributed by atoms with van der Waals surface area (Å²) in [6, 6.07) is 9.65. The lowest BCUT2D eigenvalue weighted by Gasteiger charge is -2.27. The van der Waals surface area contributed by atoms with E-state index in [1.165, 1.54) is 17.8 Å². The molecule has 1 unspecified atom stereocenters. The monoisotopic (exact) mass is 381 g/mol. The van der Waals surface area contributed by atoms with E-state index in [4.69, 9.17) is 0 Å². The highest BCUT2D eigenvalue weighted by molar-refractivity contribution is 9.10. The van der Waals surface area contributed by atoms with Crippen LogP contribution in [0.4, 0.5) is 0 Å². The third-order valence-corrected chi connectivity index (χ3v) is 5.51. The molecule has 0 bridgehead atoms. The van der Waals surface area contributed by atoms with Crippen LogP contribution in [0.5, 0.6) is 0 Å². The second kappa shape index (κ2) is 6.45. The summed E-state index contributed by atoms with van der Waals surface area (Å²) in [6.07, 6.45) is 3.86. The molecule has 0 saturated heterocycles. The molecule has 1 aromatic carbocycles. The number of fused-ring (bicyclic) bond motifs is 1. The van der Waals surface area contributed by atoms with Gasteiger partial charge in [-0.1, -0.05) is 24.3 Å². The fourth-order valence-corrected chi connectivity index (χ4v) is 4.14. The Balaban J connectivity index is 1.76. The number of pyridine rings is 1. The lowest BCUT2D eigenvalue weighted by molar-refractivity contribution is 0.491. The minimum atomic E-state index is -3.57. The van der Waals surface area contributed by atoms with Crippen LogP contribution in [0.3, 0.4) is 0 Å². The maximum atomic E-state index is 12.3. The molecule has 2 heterocycles. The van der Waals surface area contributed by atoms with Crippen LogP contribution in [0.1, 0.15) is 17.2 Å². The number of aromatic nitrogens is 1. The van der Waals surface area contributed by atoms with E-state index in [0.29, 0.717) is 11.0 Å². The van der Waals surface area contributed by atoms with Gasteiger partial charge in [0.25, 0.3) is 0 Å². The minimum Gasteiger partial charge on any atom is -0.308 e. The van der Waals surface area contributed by atoms with E-state index in [2.05, 4.69) is 37.0 Å². The number of nitrogens with zero attached hydrogens (tertiary/aromatic N) is 1. The quantitative estimate of drug-likeness (QED) is 0.849. The predicted molar refractivity (Wildman–Crippen MR) is 88.0 cm³/mol. The second-order valence-electron chi connectivity index (χ2n) is 5.15. The number of hydrogen-bond acceptors (Lipinski definition) is 4. The van der Waals surface area contributed by atoms with Crippen molar-refractivity contribution in [1.29, 1.82) is 0 Å². The minimum absolute atomic E-state index is 0.0140. The van der Waals surface area contributed by atoms with Crippen LogP contribution in [0.25, 0.3) is 0 Å². The van der Waals surface area contributed by atoms with Crippen LogP contribution in [-0.2, 0) is 16.4 Å². The first kappa shape index (κ1) is 15.6. The normalized spacial score (nSPS) is 18.0. The van der Waals surface area contributed by atoms with E-state index in [1.807, 2.05) is 18.2 Å². The maximum absolute atomic E-state index is 12.3. The first-order valence-corrected chi connectivity index (χ1v) is 9.25. The Kier molecular flexibility index (Phi) is 4.58. The topological polar surface area (TPSA) is 71.1 Å². The van der Waals surface area contributed by atoms with Crippen LogP contribution < -0.4 is 10.0 Å². The number of benzene rings is 1. The summed E-state index contributed by atoms with van der Waals surface area (Å²) in [6.45, 7) is 1.16. The zero-order chi connectivity index (χ0) is 15.6. The summed E-state index contributed by atoms with van der Waals surface area (Å²) < 4.78 is 28.0. The molecule has 1 aliphatic rings. The third-order valence-electron chi connectivity index (χ3n) is 3.68. The lowest BCUT2D eigenvalue weighted by Crippen LogP contribution is -2.38. The summed E-state index contributed by atoms with van der Waals surface area (Å²) in [5, 5.41) is 3.36. The average Bonchev–Trinajstić information content (AvgIpc) is 2.53. The average molecular weight is 382 g/mol. The Bertz CT molecular complexity index is 780. The standard InChI is InChI=1S/C15H16BrN3O2S/c16-12-7-13(9-17-8-12)22(20,21)19-10-15-14-4-2-1-3-11(14)5-6-18-15/h1-4,7-9,15,18-19H,5-6,10H2. The fraction of sp³-hybridized carbons (Fsp3) is 0.267. The first-order valence-electron chi connectivity index (χ1n) is 6.98. The Morgan fingerprint density at radius 2 is 2.14 bits per heavy atom. The molecular formula is C15H16BrN3O2S. The van der Waals surface area contributed by atoms with Gasteiger partial charge in [0.15, 0.2) is 0 Å². The van der Waals surface area contributed by atoms with Gasteiger partial charge in [-0.3, -0.25) is 4.98 Å². The fourth-order valence-electron chi connectivity index (χ4n) is 2.59. The molecule has 1 aliphatic heterocycles. The molecule has 116 valence electrons. The van der Waals surface area contributed by atoms with E-state index in [-0.39, 0.29) is 10.9 Å². The molecule has 2 aromatic rings. The summed E-state index contributed by atoms with van der Waals surface area (Å²) in [7, 11) is -3.57. The molecule has 5 nitrogen and oxygen atoms in total. The molecule has 7 heteroatoms. The Hall–Kier alpha value is -1.28. The van der Waals surface area contributed by atoms with Gasteiger partial charge in [0.1, 0.15) is 4.90 Å². The largest absolute Gasteiger partial charge is 0.308 e. The predicted octanol–water partition coefficient (Wildman–Crippen LogP) is 2.01. The Labute approximate surface area is 138 Å². The van der Waals surface area contributed by atoms with E-state index in [9.17, 15) is 8.42 Å². The van der Waals surface area contributed by atoms with E-state index >= 15 is 0 Å². The highest BCUT2D eigenvalue weighted by Crippen LogP contribution is 2.22. The highest BCUT2D eigenvalue weighted by atomic mass is 79.9. The van der Waals surface area contributed by atoms with Crippen molar-refractivity contribution in [3.05, 3.63) is 58.3 Å². The molecule has 3 rings (SSSR count). The van der Waals surface area contributed by atoms with Crippen molar-refractivity contribution in [2.24, 2.45) is 0 Å². The molecule has 0 amide bonds. The molecular weight excluding hydrogens is 366 g/mol. The maximum Gasteiger partial charge on any atom is 0.242 e. The number of hydrogen-bond donors (Lipinski definition) is 2. The summed E-state index contributed by atoms with van der Waals surface area (Å²) in [5.74, 6) is 0. The van der Waals surface area contributed by atoms with Crippen molar-refractivity contribution < 1.29 is 8.42 Å². The van der Waals surface area contributed by atoms with Crippen LogP contribution in [0, 0.1) is 0 Å². The molecule has 2 N–H and O–H groups in total. The molecule has 1 aromatic heterocycles. The number of rotatable bonds is 4. The zero-order valence-corrected chi connectivity index (χ0v) is 14.2. The van der Waals surface area contributed by atoms with E-state index in [1.54, 1.807) is 6.20 Å². The highest BCUT2D eigenvalue weighted by Gasteiger charge is 2.22. The van der Waals surface area contributed by atoms with Gasteiger partial charge in [-0.2, -0.15) is 0 Å². The van der Waals surface area contributed by atoms with Gasteiger partial charge in [0.05, 0.1) is 0 Å². The van der Waals surface area contributed by atoms with Crippen LogP contribution in [-0.4, -0.2) is 26.5 Å². The number of nitrogens with one attached hydrogen (secondary N) is 2. The van der Waals surface area contributed by atoms with Gasteiger partial charge in [0.2, 0.25) is 10.0 Å². The first-order chi connectivity index (χ1) is 10.6. The third kappa shape index (κ3) is 3.38. The molecule has 0 aliphatic carbocycles. The van der Waals surface area contributed by atoms with Crippen molar-refractivity contribution in [3.8, 4) is 0 Å². The van der Waals surface area contributed by atoms with Crippen LogP contribution >= 0.6 is 15.9 Å². The Morgan fingerprint density at radius 3 is 2.95 bits per heavy atom. The van der Waals surface area contributed by atoms with E-state index < -0.39 is 10.0 Å². The lowest BCUT2D eigenvalue weighted by atomic mass is 9.95. The van der Waals surface area contributed by atoms with Gasteiger partial charge in [-0.25, -0.2) is 13.1 Å². The van der Waals surface area contributed by atoms with Crippen molar-refractivity contribution in [2.75, 3.05) is 13.1 Å². The molecule has 1 atom stereocenters. The molecule has 0 radical (unpaired) electrons. The van der Waals surface area contributed by atoms with Gasteiger partial charge < -0.3 is 5.32 Å². The van der Waals surface area contributed by atoms with Gasteiger partial charge >= 0.3 is 0 Å².